The van der Waals surface area contributed by atoms with Crippen LogP contribution in [-0.2, 0) is 19.1 Å². The molecule has 2 aromatic carbocycles. The summed E-state index contributed by atoms with van der Waals surface area (Å²) in [6, 6.07) is 5.92. The normalized spacial score (nSPS) is 13.6. The van der Waals surface area contributed by atoms with Gasteiger partial charge >= 0.3 is 18.3 Å². The van der Waals surface area contributed by atoms with E-state index in [0.29, 0.717) is 30.8 Å². The van der Waals surface area contributed by atoms with Crippen LogP contribution in [0.5, 0.6) is 0 Å². The first-order valence-electron chi connectivity index (χ1n) is 8.18. The third-order valence-corrected chi connectivity index (χ3v) is 4.29. The minimum atomic E-state index is -4.68. The zero-order valence-corrected chi connectivity index (χ0v) is 14.3. The smallest absolute Gasteiger partial charge is 0.416 e. The van der Waals surface area contributed by atoms with E-state index in [1.807, 2.05) is 0 Å². The Morgan fingerprint density at radius 1 is 1.04 bits per heavy atom. The second-order valence-electron chi connectivity index (χ2n) is 6.21. The lowest BCUT2D eigenvalue weighted by molar-refractivity contribution is -0.137. The highest BCUT2D eigenvalue weighted by Gasteiger charge is 2.31. The summed E-state index contributed by atoms with van der Waals surface area (Å²) in [5.41, 5.74) is 0.540. The highest BCUT2D eigenvalue weighted by atomic mass is 19.4. The lowest BCUT2D eigenvalue weighted by Gasteiger charge is -2.26. The van der Waals surface area contributed by atoms with Gasteiger partial charge in [-0.3, -0.25) is 0 Å². The summed E-state index contributed by atoms with van der Waals surface area (Å²) >= 11 is 0. The zero-order chi connectivity index (χ0) is 20.5. The zero-order valence-electron chi connectivity index (χ0n) is 14.3. The van der Waals surface area contributed by atoms with Gasteiger partial charge in [0.1, 0.15) is 5.82 Å². The van der Waals surface area contributed by atoms with Crippen molar-refractivity contribution < 1.29 is 32.3 Å². The Morgan fingerprint density at radius 3 is 2.43 bits per heavy atom. The molecule has 0 fully saturated rings. The first-order chi connectivity index (χ1) is 13.1. The van der Waals surface area contributed by atoms with E-state index in [1.54, 1.807) is 18.2 Å². The van der Waals surface area contributed by atoms with Crippen molar-refractivity contribution in [2.75, 3.05) is 17.2 Å². The Bertz CT molecular complexity index is 931. The maximum atomic E-state index is 13.8. The van der Waals surface area contributed by atoms with Crippen molar-refractivity contribution in [2.24, 2.45) is 0 Å². The highest BCUT2D eigenvalue weighted by Crippen LogP contribution is 2.31. The molecule has 1 heterocycles. The monoisotopic (exact) mass is 397 g/mol. The third-order valence-electron chi connectivity index (χ3n) is 4.29. The molecule has 0 aromatic heterocycles. The first-order valence-corrected chi connectivity index (χ1v) is 8.18. The van der Waals surface area contributed by atoms with E-state index < -0.39 is 29.7 Å². The average Bonchev–Trinajstić information content (AvgIpc) is 2.62. The highest BCUT2D eigenvalue weighted by molar-refractivity contribution is 5.99. The van der Waals surface area contributed by atoms with Crippen LogP contribution in [0.25, 0.3) is 0 Å². The van der Waals surface area contributed by atoms with E-state index in [2.05, 4.69) is 10.6 Å². The number of rotatable bonds is 2. The number of halogens is 4. The van der Waals surface area contributed by atoms with Crippen LogP contribution in [0.2, 0.25) is 0 Å². The van der Waals surface area contributed by atoms with Crippen molar-refractivity contribution in [3.63, 3.8) is 0 Å². The fourth-order valence-electron chi connectivity index (χ4n) is 2.87. The van der Waals surface area contributed by atoms with E-state index in [1.165, 1.54) is 4.90 Å². The molecule has 0 bridgehead atoms. The molecule has 1 aliphatic heterocycles. The Hall–Kier alpha value is -3.30. The number of carbonyl (C=O) groups excluding carboxylic acids is 1. The predicted molar refractivity (Wildman–Crippen MR) is 92.6 cm³/mol. The summed E-state index contributed by atoms with van der Waals surface area (Å²) in [6.45, 7) is 0.572. The number of carboxylic acid groups (broad SMARTS) is 1. The summed E-state index contributed by atoms with van der Waals surface area (Å²) in [4.78, 5) is 24.3. The van der Waals surface area contributed by atoms with Gasteiger partial charge in [0.05, 0.1) is 11.3 Å². The number of hydrogen-bond donors (Lipinski definition) is 3. The Morgan fingerprint density at radius 2 is 1.79 bits per heavy atom. The van der Waals surface area contributed by atoms with Crippen molar-refractivity contribution in [3.8, 4) is 0 Å². The standard InChI is InChI=1S/C18H15F4N3O3/c19-14-8-12(18(20,21)22)2-4-15(14)24-16(26)23-13-3-1-11-9-25(17(27)28)6-5-10(11)7-13/h1-4,7-8H,5-6,9H2,(H,27,28)(H2,23,24,26). The van der Waals surface area contributed by atoms with E-state index in [4.69, 9.17) is 5.11 Å². The molecule has 0 unspecified atom stereocenters. The van der Waals surface area contributed by atoms with Crippen LogP contribution < -0.4 is 10.6 Å². The SMILES string of the molecule is O=C(Nc1ccc2c(c1)CCN(C(=O)O)C2)Nc1ccc(C(F)(F)F)cc1F. The lowest BCUT2D eigenvalue weighted by Crippen LogP contribution is -2.34. The van der Waals surface area contributed by atoms with E-state index in [9.17, 15) is 27.2 Å². The summed E-state index contributed by atoms with van der Waals surface area (Å²) in [6.07, 6.45) is -5.21. The summed E-state index contributed by atoms with van der Waals surface area (Å²) in [5, 5.41) is 13.7. The molecule has 0 radical (unpaired) electrons. The molecule has 3 rings (SSSR count). The fraction of sp³-hybridized carbons (Fsp3) is 0.222. The van der Waals surface area contributed by atoms with Gasteiger partial charge in [-0.1, -0.05) is 6.07 Å². The van der Waals surface area contributed by atoms with Crippen molar-refractivity contribution in [3.05, 3.63) is 58.9 Å². The van der Waals surface area contributed by atoms with Crippen molar-refractivity contribution in [1.29, 1.82) is 0 Å². The van der Waals surface area contributed by atoms with Gasteiger partial charge < -0.3 is 20.6 Å². The van der Waals surface area contributed by atoms with Crippen LogP contribution in [-0.4, -0.2) is 28.7 Å². The van der Waals surface area contributed by atoms with Crippen molar-refractivity contribution in [2.45, 2.75) is 19.1 Å². The van der Waals surface area contributed by atoms with Gasteiger partial charge in [-0.25, -0.2) is 14.0 Å². The number of fused-ring (bicyclic) bond motifs is 1. The molecule has 0 aliphatic carbocycles. The van der Waals surface area contributed by atoms with E-state index in [0.717, 1.165) is 17.2 Å². The molecular formula is C18H15F4N3O3. The van der Waals surface area contributed by atoms with Crippen LogP contribution >= 0.6 is 0 Å². The predicted octanol–water partition coefficient (Wildman–Crippen LogP) is 4.52. The average molecular weight is 397 g/mol. The van der Waals surface area contributed by atoms with Gasteiger partial charge in [-0.2, -0.15) is 13.2 Å². The van der Waals surface area contributed by atoms with Gasteiger partial charge in [0.15, 0.2) is 0 Å². The topological polar surface area (TPSA) is 81.7 Å². The molecule has 3 N–H and O–H groups in total. The summed E-state index contributed by atoms with van der Waals surface area (Å²) in [5.74, 6) is -1.20. The van der Waals surface area contributed by atoms with Crippen molar-refractivity contribution >= 4 is 23.5 Å². The van der Waals surface area contributed by atoms with Gasteiger partial charge in [0.2, 0.25) is 0 Å². The van der Waals surface area contributed by atoms with Crippen LogP contribution in [0.3, 0.4) is 0 Å². The Labute approximate surface area is 156 Å². The lowest BCUT2D eigenvalue weighted by atomic mass is 9.99. The molecule has 28 heavy (non-hydrogen) atoms. The molecule has 0 spiro atoms. The number of nitrogens with one attached hydrogen (secondary N) is 2. The molecule has 0 saturated carbocycles. The quantitative estimate of drug-likeness (QED) is 0.652. The molecule has 2 aromatic rings. The van der Waals surface area contributed by atoms with Crippen molar-refractivity contribution in [1.82, 2.24) is 4.90 Å². The maximum Gasteiger partial charge on any atom is 0.416 e. The Balaban J connectivity index is 1.67. The number of anilines is 2. The van der Waals surface area contributed by atoms with Crippen LogP contribution in [0.4, 0.5) is 38.5 Å². The van der Waals surface area contributed by atoms with Gasteiger partial charge in [-0.15, -0.1) is 0 Å². The number of nitrogens with zero attached hydrogens (tertiary/aromatic N) is 1. The molecule has 3 amide bonds. The molecule has 148 valence electrons. The second kappa shape index (κ2) is 7.37. The van der Waals surface area contributed by atoms with Crippen LogP contribution in [0.15, 0.2) is 36.4 Å². The molecule has 10 heteroatoms. The van der Waals surface area contributed by atoms with Gasteiger partial charge in [0, 0.05) is 18.8 Å². The van der Waals surface area contributed by atoms with Gasteiger partial charge in [-0.05, 0) is 47.9 Å². The van der Waals surface area contributed by atoms with E-state index >= 15 is 0 Å². The molecule has 1 aliphatic rings. The largest absolute Gasteiger partial charge is 0.465 e. The molecular weight excluding hydrogens is 382 g/mol. The number of alkyl halides is 3. The minimum absolute atomic E-state index is 0.244. The van der Waals surface area contributed by atoms with E-state index in [-0.39, 0.29) is 12.2 Å². The number of benzene rings is 2. The summed E-state index contributed by atoms with van der Waals surface area (Å²) < 4.78 is 51.5. The minimum Gasteiger partial charge on any atom is -0.465 e. The molecule has 6 nitrogen and oxygen atoms in total. The number of urea groups is 1. The number of amides is 3. The van der Waals surface area contributed by atoms with Crippen LogP contribution in [0, 0.1) is 5.82 Å². The van der Waals surface area contributed by atoms with Crippen LogP contribution in [0.1, 0.15) is 16.7 Å². The molecule has 0 atom stereocenters. The Kier molecular flexibility index (Phi) is 5.12. The fourth-order valence-corrected chi connectivity index (χ4v) is 2.87. The first kappa shape index (κ1) is 19.5. The third kappa shape index (κ3) is 4.33. The second-order valence-corrected chi connectivity index (χ2v) is 6.21. The molecule has 0 saturated heterocycles. The maximum absolute atomic E-state index is 13.8. The number of hydrogen-bond acceptors (Lipinski definition) is 2. The summed E-state index contributed by atoms with van der Waals surface area (Å²) in [7, 11) is 0. The number of carbonyl (C=O) groups is 2. The van der Waals surface area contributed by atoms with Gasteiger partial charge in [0.25, 0.3) is 0 Å².